The van der Waals surface area contributed by atoms with E-state index in [0.717, 1.165) is 5.92 Å². The molecule has 2 rings (SSSR count). The smallest absolute Gasteiger partial charge is 0.198 e. The fraction of sp³-hybridized carbons (Fsp3) is 0.571. The topological polar surface area (TPSA) is 0 Å². The van der Waals surface area contributed by atoms with E-state index >= 15 is 0 Å². The quantitative estimate of drug-likeness (QED) is 0.662. The molecule has 1 aliphatic rings. The van der Waals surface area contributed by atoms with Gasteiger partial charge in [0.2, 0.25) is 0 Å². The molecule has 1 aromatic carbocycles. The first kappa shape index (κ1) is 12.9. The summed E-state index contributed by atoms with van der Waals surface area (Å²) in [6.07, 6.45) is 5.06. The van der Waals surface area contributed by atoms with Gasteiger partial charge in [-0.2, -0.15) is 8.78 Å². The summed E-state index contributed by atoms with van der Waals surface area (Å²) < 4.78 is 24.4. The number of alkyl halides is 2. The van der Waals surface area contributed by atoms with E-state index in [2.05, 4.69) is 6.92 Å². The molecule has 0 spiro atoms. The molecule has 0 nitrogen and oxygen atoms in total. The third-order valence-electron chi connectivity index (χ3n) is 3.59. The van der Waals surface area contributed by atoms with E-state index in [4.69, 9.17) is 0 Å². The molecule has 94 valence electrons. The van der Waals surface area contributed by atoms with Crippen LogP contribution in [0.5, 0.6) is 0 Å². The summed E-state index contributed by atoms with van der Waals surface area (Å²) in [6.45, 7) is 2.30. The van der Waals surface area contributed by atoms with Crippen LogP contribution in [0.2, 0.25) is 0 Å². The van der Waals surface area contributed by atoms with Crippen molar-refractivity contribution in [1.29, 1.82) is 0 Å². The van der Waals surface area contributed by atoms with Crippen molar-refractivity contribution in [1.82, 2.24) is 0 Å². The Bertz CT molecular complexity index is 340. The molecule has 0 bridgehead atoms. The van der Waals surface area contributed by atoms with Crippen molar-refractivity contribution in [3.05, 3.63) is 29.8 Å². The minimum Gasteiger partial charge on any atom is -0.198 e. The third-order valence-corrected chi connectivity index (χ3v) is 4.32. The van der Waals surface area contributed by atoms with Gasteiger partial charge in [0.1, 0.15) is 0 Å². The second-order valence-electron chi connectivity index (χ2n) is 4.90. The highest BCUT2D eigenvalue weighted by molar-refractivity contribution is 7.99. The largest absolute Gasteiger partial charge is 0.288 e. The van der Waals surface area contributed by atoms with Gasteiger partial charge in [0.15, 0.2) is 0 Å². The summed E-state index contributed by atoms with van der Waals surface area (Å²) >= 11 is 0.621. The van der Waals surface area contributed by atoms with E-state index in [1.54, 1.807) is 0 Å². The van der Waals surface area contributed by atoms with Crippen LogP contribution >= 0.6 is 11.8 Å². The number of rotatable bonds is 3. The maximum Gasteiger partial charge on any atom is 0.288 e. The lowest BCUT2D eigenvalue weighted by molar-refractivity contribution is 0.252. The minimum absolute atomic E-state index is 0.621. The van der Waals surface area contributed by atoms with Crippen molar-refractivity contribution < 1.29 is 8.78 Å². The van der Waals surface area contributed by atoms with Crippen LogP contribution in [0.1, 0.15) is 44.1 Å². The van der Waals surface area contributed by atoms with Crippen molar-refractivity contribution in [2.45, 2.75) is 49.2 Å². The summed E-state index contributed by atoms with van der Waals surface area (Å²) in [5, 5.41) is 0. The standard InChI is InChI=1S/C14H18F2S/c1-10-2-4-11(5-3-10)12-6-8-13(9-7-12)17-14(15)16/h6-11,14H,2-5H2,1H3/t10-,11-. The Morgan fingerprint density at radius 2 is 1.65 bits per heavy atom. The summed E-state index contributed by atoms with van der Waals surface area (Å²) in [6, 6.07) is 7.69. The van der Waals surface area contributed by atoms with E-state index in [1.807, 2.05) is 24.3 Å². The van der Waals surface area contributed by atoms with E-state index in [1.165, 1.54) is 31.2 Å². The average Bonchev–Trinajstić information content (AvgIpc) is 2.30. The molecule has 0 aromatic heterocycles. The molecule has 3 heteroatoms. The lowest BCUT2D eigenvalue weighted by Gasteiger charge is -2.26. The lowest BCUT2D eigenvalue weighted by Crippen LogP contribution is -2.10. The number of hydrogen-bond donors (Lipinski definition) is 0. The highest BCUT2D eigenvalue weighted by Crippen LogP contribution is 2.36. The van der Waals surface area contributed by atoms with Crippen molar-refractivity contribution in [3.63, 3.8) is 0 Å². The van der Waals surface area contributed by atoms with E-state index in [0.29, 0.717) is 22.6 Å². The van der Waals surface area contributed by atoms with Gasteiger partial charge in [-0.1, -0.05) is 43.7 Å². The first-order valence-electron chi connectivity index (χ1n) is 6.20. The van der Waals surface area contributed by atoms with Gasteiger partial charge in [0.05, 0.1) is 0 Å². The molecule has 0 N–H and O–H groups in total. The third kappa shape index (κ3) is 3.70. The zero-order chi connectivity index (χ0) is 12.3. The van der Waals surface area contributed by atoms with Gasteiger partial charge in [0, 0.05) is 4.90 Å². The molecule has 0 unspecified atom stereocenters. The van der Waals surface area contributed by atoms with Gasteiger partial charge in [-0.15, -0.1) is 0 Å². The Morgan fingerprint density at radius 3 is 2.18 bits per heavy atom. The van der Waals surface area contributed by atoms with E-state index in [-0.39, 0.29) is 0 Å². The second-order valence-corrected chi connectivity index (χ2v) is 5.97. The SMILES string of the molecule is C[C@H]1CC[C@H](c2ccc(SC(F)F)cc2)CC1. The number of hydrogen-bond acceptors (Lipinski definition) is 1. The summed E-state index contributed by atoms with van der Waals surface area (Å²) in [5.41, 5.74) is 1.32. The van der Waals surface area contributed by atoms with Gasteiger partial charge < -0.3 is 0 Å². The summed E-state index contributed by atoms with van der Waals surface area (Å²) in [5.74, 6) is -0.840. The van der Waals surface area contributed by atoms with Crippen LogP contribution in [-0.2, 0) is 0 Å². The normalized spacial score (nSPS) is 25.2. The summed E-state index contributed by atoms with van der Waals surface area (Å²) in [4.78, 5) is 0.660. The Kier molecular flexibility index (Phi) is 4.43. The number of benzene rings is 1. The molecular formula is C14H18F2S. The van der Waals surface area contributed by atoms with Crippen molar-refractivity contribution in [3.8, 4) is 0 Å². The van der Waals surface area contributed by atoms with Gasteiger partial charge in [-0.05, 0) is 42.4 Å². The first-order chi connectivity index (χ1) is 8.15. The molecule has 1 aromatic rings. The zero-order valence-electron chi connectivity index (χ0n) is 10.0. The molecule has 0 aliphatic heterocycles. The fourth-order valence-corrected chi connectivity index (χ4v) is 3.01. The average molecular weight is 256 g/mol. The van der Waals surface area contributed by atoms with Crippen LogP contribution in [0, 0.1) is 5.92 Å². The molecule has 1 saturated carbocycles. The summed E-state index contributed by atoms with van der Waals surface area (Å²) in [7, 11) is 0. The predicted octanol–water partition coefficient (Wildman–Crippen LogP) is 5.30. The van der Waals surface area contributed by atoms with E-state index < -0.39 is 5.76 Å². The molecular weight excluding hydrogens is 238 g/mol. The highest BCUT2D eigenvalue weighted by atomic mass is 32.2. The first-order valence-corrected chi connectivity index (χ1v) is 7.08. The minimum atomic E-state index is -2.32. The molecule has 0 saturated heterocycles. The highest BCUT2D eigenvalue weighted by Gasteiger charge is 2.19. The molecule has 0 heterocycles. The molecule has 17 heavy (non-hydrogen) atoms. The molecule has 0 amide bonds. The number of halogens is 2. The predicted molar refractivity (Wildman–Crippen MR) is 68.7 cm³/mol. The van der Waals surface area contributed by atoms with Crippen LogP contribution in [-0.4, -0.2) is 5.76 Å². The monoisotopic (exact) mass is 256 g/mol. The molecule has 0 atom stereocenters. The molecule has 0 radical (unpaired) electrons. The van der Waals surface area contributed by atoms with Crippen LogP contribution in [0.4, 0.5) is 8.78 Å². The Balaban J connectivity index is 1.97. The van der Waals surface area contributed by atoms with Gasteiger partial charge in [-0.3, -0.25) is 0 Å². The van der Waals surface area contributed by atoms with Gasteiger partial charge in [0.25, 0.3) is 5.76 Å². The molecule has 1 fully saturated rings. The maximum atomic E-state index is 12.2. The Hall–Kier alpha value is -0.570. The fourth-order valence-electron chi connectivity index (χ4n) is 2.51. The van der Waals surface area contributed by atoms with Gasteiger partial charge in [-0.25, -0.2) is 0 Å². The van der Waals surface area contributed by atoms with Crippen LogP contribution in [0.25, 0.3) is 0 Å². The lowest BCUT2D eigenvalue weighted by atomic mass is 9.79. The zero-order valence-corrected chi connectivity index (χ0v) is 10.9. The van der Waals surface area contributed by atoms with Crippen LogP contribution in [0.15, 0.2) is 29.2 Å². The second kappa shape index (κ2) is 5.85. The van der Waals surface area contributed by atoms with Gasteiger partial charge >= 0.3 is 0 Å². The number of thioether (sulfide) groups is 1. The van der Waals surface area contributed by atoms with Crippen molar-refractivity contribution in [2.75, 3.05) is 0 Å². The molecule has 1 aliphatic carbocycles. The van der Waals surface area contributed by atoms with Crippen molar-refractivity contribution in [2.24, 2.45) is 5.92 Å². The van der Waals surface area contributed by atoms with Crippen LogP contribution in [0.3, 0.4) is 0 Å². The van der Waals surface area contributed by atoms with E-state index in [9.17, 15) is 8.78 Å². The Labute approximate surface area is 106 Å². The van der Waals surface area contributed by atoms with Crippen LogP contribution < -0.4 is 0 Å². The maximum absolute atomic E-state index is 12.2. The Morgan fingerprint density at radius 1 is 1.06 bits per heavy atom. The van der Waals surface area contributed by atoms with Crippen molar-refractivity contribution >= 4 is 11.8 Å².